The summed E-state index contributed by atoms with van der Waals surface area (Å²) in [7, 11) is 0. The Morgan fingerprint density at radius 2 is 1.73 bits per heavy atom. The van der Waals surface area contributed by atoms with Crippen molar-refractivity contribution in [2.45, 2.75) is 25.4 Å². The van der Waals surface area contributed by atoms with Gasteiger partial charge in [-0.05, 0) is 25.0 Å². The Kier molecular flexibility index (Phi) is 4.15. The molecular formula is C16H15Cl2NO3. The highest BCUT2D eigenvalue weighted by molar-refractivity contribution is 6.36. The maximum absolute atomic E-state index is 12.7. The van der Waals surface area contributed by atoms with Crippen molar-refractivity contribution in [3.8, 4) is 0 Å². The number of benzene rings is 1. The molecule has 0 aliphatic heterocycles. The fourth-order valence-corrected chi connectivity index (χ4v) is 3.14. The van der Waals surface area contributed by atoms with Crippen molar-refractivity contribution in [2.24, 2.45) is 11.8 Å². The molecule has 0 aromatic heterocycles. The summed E-state index contributed by atoms with van der Waals surface area (Å²) in [6, 6.07) is 5.39. The molecule has 22 heavy (non-hydrogen) atoms. The lowest BCUT2D eigenvalue weighted by Gasteiger charge is -2.32. The Morgan fingerprint density at radius 1 is 1.14 bits per heavy atom. The second-order valence-electron chi connectivity index (χ2n) is 5.67. The third kappa shape index (κ3) is 2.85. The molecule has 4 nitrogen and oxygen atoms in total. The first-order chi connectivity index (χ1) is 10.5. The van der Waals surface area contributed by atoms with Crippen molar-refractivity contribution < 1.29 is 14.7 Å². The van der Waals surface area contributed by atoms with Gasteiger partial charge in [-0.15, -0.1) is 0 Å². The number of rotatable bonds is 5. The van der Waals surface area contributed by atoms with E-state index < -0.39 is 17.8 Å². The molecule has 1 aromatic carbocycles. The zero-order valence-electron chi connectivity index (χ0n) is 11.7. The van der Waals surface area contributed by atoms with Crippen LogP contribution in [0.4, 0.5) is 0 Å². The molecule has 1 N–H and O–H groups in total. The highest BCUT2D eigenvalue weighted by Gasteiger charge is 2.42. The van der Waals surface area contributed by atoms with Gasteiger partial charge < -0.3 is 10.0 Å². The highest BCUT2D eigenvalue weighted by Crippen LogP contribution is 2.36. The molecule has 6 heteroatoms. The lowest BCUT2D eigenvalue weighted by atomic mass is 9.81. The average Bonchev–Trinajstić information content (AvgIpc) is 3.20. The van der Waals surface area contributed by atoms with Gasteiger partial charge in [0.25, 0.3) is 0 Å². The Hall–Kier alpha value is -1.52. The largest absolute Gasteiger partial charge is 0.481 e. The number of nitrogens with zero attached hydrogens (tertiary/aromatic N) is 1. The molecule has 1 aromatic rings. The Bertz CT molecular complexity index is 635. The molecular weight excluding hydrogens is 325 g/mol. The minimum Gasteiger partial charge on any atom is -0.481 e. The van der Waals surface area contributed by atoms with Crippen LogP contribution >= 0.6 is 23.2 Å². The van der Waals surface area contributed by atoms with Gasteiger partial charge in [-0.3, -0.25) is 9.59 Å². The van der Waals surface area contributed by atoms with Crippen molar-refractivity contribution in [1.29, 1.82) is 0 Å². The molecule has 2 atom stereocenters. The summed E-state index contributed by atoms with van der Waals surface area (Å²) in [6.45, 7) is 0.318. The van der Waals surface area contributed by atoms with Crippen molar-refractivity contribution >= 4 is 35.1 Å². The van der Waals surface area contributed by atoms with Crippen molar-refractivity contribution in [1.82, 2.24) is 4.90 Å². The van der Waals surface area contributed by atoms with Crippen LogP contribution in [0.1, 0.15) is 18.4 Å². The van der Waals surface area contributed by atoms with E-state index in [4.69, 9.17) is 28.3 Å². The second kappa shape index (κ2) is 5.94. The smallest absolute Gasteiger partial charge is 0.311 e. The summed E-state index contributed by atoms with van der Waals surface area (Å²) in [5.74, 6) is -2.43. The van der Waals surface area contributed by atoms with E-state index in [-0.39, 0.29) is 11.9 Å². The number of amides is 1. The van der Waals surface area contributed by atoms with Crippen LogP contribution in [-0.2, 0) is 16.1 Å². The zero-order valence-corrected chi connectivity index (χ0v) is 13.2. The molecule has 3 rings (SSSR count). The van der Waals surface area contributed by atoms with Gasteiger partial charge in [0, 0.05) is 28.2 Å². The van der Waals surface area contributed by atoms with Gasteiger partial charge in [-0.25, -0.2) is 0 Å². The molecule has 0 bridgehead atoms. The highest BCUT2D eigenvalue weighted by atomic mass is 35.5. The lowest BCUT2D eigenvalue weighted by molar-refractivity contribution is -0.148. The number of carbonyl (C=O) groups excluding carboxylic acids is 1. The van der Waals surface area contributed by atoms with Crippen molar-refractivity contribution in [2.75, 3.05) is 0 Å². The third-order valence-corrected chi connectivity index (χ3v) is 4.85. The van der Waals surface area contributed by atoms with Crippen LogP contribution in [0, 0.1) is 11.8 Å². The zero-order chi connectivity index (χ0) is 15.9. The van der Waals surface area contributed by atoms with Gasteiger partial charge in [-0.2, -0.15) is 0 Å². The SMILES string of the molecule is O=C(O)[C@@H]1C=C[C@@H]1C(=O)N(Cc1c(Cl)cccc1Cl)C1CC1. The summed E-state index contributed by atoms with van der Waals surface area (Å²) in [5.41, 5.74) is 0.710. The minimum absolute atomic E-state index is 0.156. The molecule has 116 valence electrons. The topological polar surface area (TPSA) is 57.6 Å². The molecule has 2 aliphatic carbocycles. The van der Waals surface area contributed by atoms with Crippen molar-refractivity contribution in [3.05, 3.63) is 46.0 Å². The van der Waals surface area contributed by atoms with E-state index in [9.17, 15) is 9.59 Å². The molecule has 0 spiro atoms. The molecule has 1 fully saturated rings. The molecule has 2 aliphatic rings. The number of carboxylic acids is 1. The minimum atomic E-state index is -0.965. The van der Waals surface area contributed by atoms with Gasteiger partial charge >= 0.3 is 5.97 Å². The predicted molar refractivity (Wildman–Crippen MR) is 83.8 cm³/mol. The number of halogens is 2. The van der Waals surface area contributed by atoms with E-state index in [0.717, 1.165) is 12.8 Å². The molecule has 0 radical (unpaired) electrons. The van der Waals surface area contributed by atoms with E-state index in [1.165, 1.54) is 0 Å². The number of carbonyl (C=O) groups is 2. The first-order valence-electron chi connectivity index (χ1n) is 7.13. The summed E-state index contributed by atoms with van der Waals surface area (Å²) in [6.07, 6.45) is 5.08. The quantitative estimate of drug-likeness (QED) is 0.836. The van der Waals surface area contributed by atoms with E-state index in [2.05, 4.69) is 0 Å². The predicted octanol–water partition coefficient (Wildman–Crippen LogP) is 3.37. The van der Waals surface area contributed by atoms with Crippen LogP contribution in [0.5, 0.6) is 0 Å². The molecule has 1 amide bonds. The van der Waals surface area contributed by atoms with E-state index >= 15 is 0 Å². The van der Waals surface area contributed by atoms with Crippen molar-refractivity contribution in [3.63, 3.8) is 0 Å². The number of aliphatic carboxylic acids is 1. The lowest BCUT2D eigenvalue weighted by Crippen LogP contribution is -2.43. The van der Waals surface area contributed by atoms with E-state index in [1.807, 2.05) is 0 Å². The van der Waals surface area contributed by atoms with Gasteiger partial charge in [-0.1, -0.05) is 41.4 Å². The summed E-state index contributed by atoms with van der Waals surface area (Å²) in [4.78, 5) is 25.5. The van der Waals surface area contributed by atoms with Crippen LogP contribution in [0.15, 0.2) is 30.4 Å². The van der Waals surface area contributed by atoms with Gasteiger partial charge in [0.1, 0.15) is 0 Å². The molecule has 0 heterocycles. The molecule has 0 saturated heterocycles. The normalized spacial score (nSPS) is 23.0. The average molecular weight is 340 g/mol. The van der Waals surface area contributed by atoms with Crippen LogP contribution in [0.25, 0.3) is 0 Å². The number of hydrogen-bond acceptors (Lipinski definition) is 2. The van der Waals surface area contributed by atoms with Crippen LogP contribution in [-0.4, -0.2) is 27.9 Å². The summed E-state index contributed by atoms with van der Waals surface area (Å²) >= 11 is 12.4. The Labute approximate surface area is 138 Å². The molecule has 1 saturated carbocycles. The first kappa shape index (κ1) is 15.4. The number of hydrogen-bond donors (Lipinski definition) is 1. The number of carboxylic acid groups (broad SMARTS) is 1. The summed E-state index contributed by atoms with van der Waals surface area (Å²) < 4.78 is 0. The van der Waals surface area contributed by atoms with Crippen LogP contribution < -0.4 is 0 Å². The fourth-order valence-electron chi connectivity index (χ4n) is 2.62. The van der Waals surface area contributed by atoms with Gasteiger partial charge in [0.05, 0.1) is 11.8 Å². The maximum atomic E-state index is 12.7. The second-order valence-corrected chi connectivity index (χ2v) is 6.49. The molecule has 0 unspecified atom stereocenters. The first-order valence-corrected chi connectivity index (χ1v) is 7.89. The Morgan fingerprint density at radius 3 is 2.18 bits per heavy atom. The standard InChI is InChI=1S/C16H15Cl2NO3/c17-13-2-1-3-14(18)12(13)8-19(9-4-5-9)15(20)10-6-7-11(10)16(21)22/h1-3,6-7,9-11H,4-5,8H2,(H,21,22)/t10-,11+/m0/s1. The maximum Gasteiger partial charge on any atom is 0.311 e. The van der Waals surface area contributed by atoms with E-state index in [1.54, 1.807) is 35.3 Å². The van der Waals surface area contributed by atoms with E-state index in [0.29, 0.717) is 22.2 Å². The van der Waals surface area contributed by atoms with Gasteiger partial charge in [0.2, 0.25) is 5.91 Å². The van der Waals surface area contributed by atoms with Crippen LogP contribution in [0.3, 0.4) is 0 Å². The Balaban J connectivity index is 1.81. The van der Waals surface area contributed by atoms with Crippen LogP contribution in [0.2, 0.25) is 10.0 Å². The monoisotopic (exact) mass is 339 g/mol. The van der Waals surface area contributed by atoms with Gasteiger partial charge in [0.15, 0.2) is 0 Å². The fraction of sp³-hybridized carbons (Fsp3) is 0.375. The third-order valence-electron chi connectivity index (χ3n) is 4.14. The summed E-state index contributed by atoms with van der Waals surface area (Å²) in [5, 5.41) is 10.1.